The van der Waals surface area contributed by atoms with Crippen LogP contribution in [0.2, 0.25) is 5.02 Å². The maximum atomic E-state index is 12.2. The Balaban J connectivity index is 1.59. The molecule has 1 aromatic heterocycles. The first-order valence-electron chi connectivity index (χ1n) is 8.43. The predicted octanol–water partition coefficient (Wildman–Crippen LogP) is 4.01. The third-order valence-corrected chi connectivity index (χ3v) is 4.16. The van der Waals surface area contributed by atoms with E-state index in [0.717, 1.165) is 5.56 Å². The van der Waals surface area contributed by atoms with E-state index in [0.29, 0.717) is 34.6 Å². The van der Waals surface area contributed by atoms with Crippen molar-refractivity contribution in [1.29, 1.82) is 0 Å². The average Bonchev–Trinajstić information content (AvgIpc) is 2.74. The number of aromatic nitrogens is 2. The number of methoxy groups -OCH3 is 2. The van der Waals surface area contributed by atoms with Gasteiger partial charge in [-0.25, -0.2) is 9.97 Å². The number of rotatable bonds is 7. The van der Waals surface area contributed by atoms with Crippen LogP contribution in [0, 0.1) is 0 Å². The van der Waals surface area contributed by atoms with Gasteiger partial charge in [-0.15, -0.1) is 0 Å². The highest BCUT2D eigenvalue weighted by Gasteiger charge is 2.09. The van der Waals surface area contributed by atoms with Crippen LogP contribution in [0.4, 0.5) is 11.5 Å². The fourth-order valence-electron chi connectivity index (χ4n) is 2.45. The highest BCUT2D eigenvalue weighted by atomic mass is 35.5. The van der Waals surface area contributed by atoms with E-state index in [4.69, 9.17) is 21.1 Å². The molecule has 28 heavy (non-hydrogen) atoms. The number of nitrogens with zero attached hydrogens (tertiary/aromatic N) is 2. The van der Waals surface area contributed by atoms with Crippen molar-refractivity contribution in [2.24, 2.45) is 0 Å². The molecular formula is C20H19ClN4O3. The molecule has 2 aromatic carbocycles. The molecule has 0 spiro atoms. The van der Waals surface area contributed by atoms with Gasteiger partial charge in [-0.05, 0) is 42.0 Å². The summed E-state index contributed by atoms with van der Waals surface area (Å²) < 4.78 is 10.5. The number of hydrogen-bond acceptors (Lipinski definition) is 6. The summed E-state index contributed by atoms with van der Waals surface area (Å²) in [7, 11) is 3.18. The van der Waals surface area contributed by atoms with Gasteiger partial charge in [0, 0.05) is 17.3 Å². The Hall–Kier alpha value is -3.32. The van der Waals surface area contributed by atoms with E-state index in [-0.39, 0.29) is 11.6 Å². The third kappa shape index (κ3) is 4.89. The first-order chi connectivity index (χ1) is 13.6. The number of halogens is 1. The van der Waals surface area contributed by atoms with Crippen molar-refractivity contribution in [3.63, 3.8) is 0 Å². The number of benzene rings is 2. The molecule has 0 saturated heterocycles. The highest BCUT2D eigenvalue weighted by Crippen LogP contribution is 2.27. The van der Waals surface area contributed by atoms with Gasteiger partial charge in [0.1, 0.15) is 11.5 Å². The monoisotopic (exact) mass is 398 g/mol. The maximum absolute atomic E-state index is 12.2. The second kappa shape index (κ2) is 9.05. The Morgan fingerprint density at radius 1 is 1.00 bits per heavy atom. The molecule has 0 atom stereocenters. The summed E-state index contributed by atoms with van der Waals surface area (Å²) in [4.78, 5) is 20.6. The van der Waals surface area contributed by atoms with Crippen LogP contribution >= 0.6 is 11.6 Å². The van der Waals surface area contributed by atoms with Crippen LogP contribution in [0.15, 0.2) is 54.9 Å². The molecule has 0 aliphatic carbocycles. The molecule has 1 heterocycles. The molecule has 7 nitrogen and oxygen atoms in total. The molecule has 8 heteroatoms. The quantitative estimate of drug-likeness (QED) is 0.625. The second-order valence-electron chi connectivity index (χ2n) is 5.79. The molecule has 3 rings (SSSR count). The normalized spacial score (nSPS) is 10.2. The molecular weight excluding hydrogens is 380 g/mol. The summed E-state index contributed by atoms with van der Waals surface area (Å²) in [5, 5.41) is 6.50. The molecule has 3 aromatic rings. The summed E-state index contributed by atoms with van der Waals surface area (Å²) in [6.45, 7) is 0.519. The Labute approximate surface area is 167 Å². The van der Waals surface area contributed by atoms with Gasteiger partial charge in [0.05, 0.1) is 26.6 Å². The summed E-state index contributed by atoms with van der Waals surface area (Å²) in [5.41, 5.74) is 1.84. The molecule has 0 aliphatic heterocycles. The number of anilines is 2. The van der Waals surface area contributed by atoms with Gasteiger partial charge in [0.2, 0.25) is 0 Å². The van der Waals surface area contributed by atoms with Crippen LogP contribution in [0.5, 0.6) is 11.5 Å². The lowest BCUT2D eigenvalue weighted by atomic mass is 10.2. The van der Waals surface area contributed by atoms with Crippen LogP contribution in [0.3, 0.4) is 0 Å². The van der Waals surface area contributed by atoms with Crippen molar-refractivity contribution in [1.82, 2.24) is 9.97 Å². The molecule has 144 valence electrons. The largest absolute Gasteiger partial charge is 0.493 e. The van der Waals surface area contributed by atoms with Crippen LogP contribution in [-0.2, 0) is 6.54 Å². The van der Waals surface area contributed by atoms with Crippen LogP contribution < -0.4 is 20.1 Å². The summed E-state index contributed by atoms with van der Waals surface area (Å²) in [6, 6.07) is 12.5. The zero-order valence-corrected chi connectivity index (χ0v) is 16.2. The number of carbonyl (C=O) groups excluding carboxylic acids is 1. The van der Waals surface area contributed by atoms with E-state index < -0.39 is 0 Å². The molecule has 2 N–H and O–H groups in total. The fourth-order valence-corrected chi connectivity index (χ4v) is 2.57. The van der Waals surface area contributed by atoms with Crippen molar-refractivity contribution in [3.05, 3.63) is 71.1 Å². The molecule has 0 saturated carbocycles. The van der Waals surface area contributed by atoms with E-state index in [1.807, 2.05) is 18.2 Å². The van der Waals surface area contributed by atoms with Gasteiger partial charge in [-0.2, -0.15) is 0 Å². The van der Waals surface area contributed by atoms with Gasteiger partial charge in [-0.1, -0.05) is 17.7 Å². The van der Waals surface area contributed by atoms with Gasteiger partial charge in [-0.3, -0.25) is 4.79 Å². The first kappa shape index (κ1) is 19.4. The molecule has 0 bridgehead atoms. The Morgan fingerprint density at radius 2 is 1.75 bits per heavy atom. The van der Waals surface area contributed by atoms with E-state index >= 15 is 0 Å². The van der Waals surface area contributed by atoms with Gasteiger partial charge in [0.25, 0.3) is 5.91 Å². The average molecular weight is 399 g/mol. The van der Waals surface area contributed by atoms with Crippen molar-refractivity contribution in [2.45, 2.75) is 6.54 Å². The first-order valence-corrected chi connectivity index (χ1v) is 8.80. The van der Waals surface area contributed by atoms with E-state index in [2.05, 4.69) is 20.6 Å². The topological polar surface area (TPSA) is 85.4 Å². The Bertz CT molecular complexity index is 947. The maximum Gasteiger partial charge on any atom is 0.275 e. The van der Waals surface area contributed by atoms with Crippen LogP contribution in [-0.4, -0.2) is 30.1 Å². The number of nitrogens with one attached hydrogen (secondary N) is 2. The second-order valence-corrected chi connectivity index (χ2v) is 6.23. The van der Waals surface area contributed by atoms with Gasteiger partial charge >= 0.3 is 0 Å². The van der Waals surface area contributed by atoms with E-state index in [1.54, 1.807) is 38.5 Å². The SMILES string of the molecule is COc1ccc(CNc2cnc(C(=O)Nc3ccc(Cl)cc3)cn2)cc1OC. The van der Waals surface area contributed by atoms with Crippen LogP contribution in [0.1, 0.15) is 16.1 Å². The zero-order chi connectivity index (χ0) is 19.9. The smallest absolute Gasteiger partial charge is 0.275 e. The Kier molecular flexibility index (Phi) is 6.29. The standard InChI is InChI=1S/C20H19ClN4O3/c1-27-17-8-3-13(9-18(17)28-2)10-23-19-12-22-16(11-24-19)20(26)25-15-6-4-14(21)5-7-15/h3-9,11-12H,10H2,1-2H3,(H,23,24)(H,25,26). The number of amides is 1. The lowest BCUT2D eigenvalue weighted by Crippen LogP contribution is -2.14. The molecule has 1 amide bonds. The Morgan fingerprint density at radius 3 is 2.39 bits per heavy atom. The van der Waals surface area contributed by atoms with E-state index in [1.165, 1.54) is 12.4 Å². The highest BCUT2D eigenvalue weighted by molar-refractivity contribution is 6.30. The van der Waals surface area contributed by atoms with Crippen molar-refractivity contribution in [3.8, 4) is 11.5 Å². The number of hydrogen-bond donors (Lipinski definition) is 2. The van der Waals surface area contributed by atoms with Gasteiger partial charge < -0.3 is 20.1 Å². The lowest BCUT2D eigenvalue weighted by Gasteiger charge is -2.10. The zero-order valence-electron chi connectivity index (χ0n) is 15.4. The van der Waals surface area contributed by atoms with Crippen molar-refractivity contribution >= 4 is 29.0 Å². The predicted molar refractivity (Wildman–Crippen MR) is 108 cm³/mol. The summed E-state index contributed by atoms with van der Waals surface area (Å²) >= 11 is 5.83. The third-order valence-electron chi connectivity index (χ3n) is 3.91. The molecule has 0 aliphatic rings. The lowest BCUT2D eigenvalue weighted by molar-refractivity contribution is 0.102. The summed E-state index contributed by atoms with van der Waals surface area (Å²) in [6.07, 6.45) is 2.93. The van der Waals surface area contributed by atoms with E-state index in [9.17, 15) is 4.79 Å². The fraction of sp³-hybridized carbons (Fsp3) is 0.150. The minimum atomic E-state index is -0.346. The van der Waals surface area contributed by atoms with Crippen molar-refractivity contribution in [2.75, 3.05) is 24.9 Å². The minimum absolute atomic E-state index is 0.214. The molecule has 0 fully saturated rings. The molecule has 0 unspecified atom stereocenters. The van der Waals surface area contributed by atoms with Crippen LogP contribution in [0.25, 0.3) is 0 Å². The molecule has 0 radical (unpaired) electrons. The number of ether oxygens (including phenoxy) is 2. The van der Waals surface area contributed by atoms with Gasteiger partial charge in [0.15, 0.2) is 11.5 Å². The number of carbonyl (C=O) groups is 1. The minimum Gasteiger partial charge on any atom is -0.493 e. The van der Waals surface area contributed by atoms with Crippen molar-refractivity contribution < 1.29 is 14.3 Å². The summed E-state index contributed by atoms with van der Waals surface area (Å²) in [5.74, 6) is 1.53.